The van der Waals surface area contributed by atoms with Crippen molar-refractivity contribution in [3.05, 3.63) is 65.0 Å². The lowest BCUT2D eigenvalue weighted by Gasteiger charge is -2.14. The van der Waals surface area contributed by atoms with Crippen LogP contribution in [0, 0.1) is 0 Å². The Morgan fingerprint density at radius 1 is 1.12 bits per heavy atom. The first-order chi connectivity index (χ1) is 11.6. The molecule has 0 spiro atoms. The number of rotatable bonds is 5. The van der Waals surface area contributed by atoms with Crippen molar-refractivity contribution in [2.24, 2.45) is 0 Å². The Hall–Kier alpha value is -3.22. The molecule has 2 aromatic carbocycles. The lowest BCUT2D eigenvalue weighted by molar-refractivity contribution is -0.155. The van der Waals surface area contributed by atoms with E-state index in [0.717, 1.165) is 4.68 Å². The number of carbonyl (C=O) groups is 1. The maximum Gasteiger partial charge on any atom is 0.348 e. The van der Waals surface area contributed by atoms with E-state index in [-0.39, 0.29) is 12.3 Å². The lowest BCUT2D eigenvalue weighted by Crippen LogP contribution is -2.31. The van der Waals surface area contributed by atoms with Crippen molar-refractivity contribution in [1.29, 1.82) is 0 Å². The van der Waals surface area contributed by atoms with E-state index in [1.165, 1.54) is 0 Å². The second kappa shape index (κ2) is 6.91. The molecule has 122 valence electrons. The summed E-state index contributed by atoms with van der Waals surface area (Å²) in [5.41, 5.74) is 0.121. The zero-order chi connectivity index (χ0) is 16.9. The van der Waals surface area contributed by atoms with Crippen molar-refractivity contribution in [3.8, 4) is 5.75 Å². The lowest BCUT2D eigenvalue weighted by atomic mass is 10.2. The van der Waals surface area contributed by atoms with Crippen LogP contribution in [0.1, 0.15) is 6.92 Å². The number of nitrogens with zero attached hydrogens (tertiary/aromatic N) is 3. The number of carbonyl (C=O) groups excluding carboxylic acids is 1. The van der Waals surface area contributed by atoms with E-state index in [2.05, 4.69) is 10.3 Å². The minimum atomic E-state index is -0.809. The largest absolute Gasteiger partial charge is 0.479 e. The van der Waals surface area contributed by atoms with E-state index in [1.54, 1.807) is 55.5 Å². The SMILES string of the molecule is C[C@H](Oc1ccccc1)C(=O)OCn1nnc2ccccc2c1=O. The van der Waals surface area contributed by atoms with Gasteiger partial charge in [0.05, 0.1) is 5.39 Å². The van der Waals surface area contributed by atoms with Gasteiger partial charge in [0.25, 0.3) is 5.56 Å². The molecule has 0 saturated carbocycles. The number of hydrogen-bond acceptors (Lipinski definition) is 6. The van der Waals surface area contributed by atoms with E-state index in [9.17, 15) is 9.59 Å². The van der Waals surface area contributed by atoms with Crippen molar-refractivity contribution < 1.29 is 14.3 Å². The predicted octanol–water partition coefficient (Wildman–Crippen LogP) is 1.76. The molecule has 0 fully saturated rings. The number of para-hydroxylation sites is 1. The van der Waals surface area contributed by atoms with Gasteiger partial charge >= 0.3 is 5.97 Å². The van der Waals surface area contributed by atoms with Crippen molar-refractivity contribution >= 4 is 16.9 Å². The average Bonchev–Trinajstić information content (AvgIpc) is 2.62. The molecule has 3 aromatic rings. The number of fused-ring (bicyclic) bond motifs is 1. The van der Waals surface area contributed by atoms with E-state index < -0.39 is 12.1 Å². The third-order valence-electron chi connectivity index (χ3n) is 3.35. The molecule has 1 atom stereocenters. The molecular formula is C17H15N3O4. The second-order valence-corrected chi connectivity index (χ2v) is 5.08. The Morgan fingerprint density at radius 2 is 1.83 bits per heavy atom. The predicted molar refractivity (Wildman–Crippen MR) is 86.4 cm³/mol. The first kappa shape index (κ1) is 15.7. The van der Waals surface area contributed by atoms with Crippen molar-refractivity contribution in [2.45, 2.75) is 19.8 Å². The Morgan fingerprint density at radius 3 is 2.62 bits per heavy atom. The Labute approximate surface area is 137 Å². The van der Waals surface area contributed by atoms with Crippen LogP contribution in [0.15, 0.2) is 59.4 Å². The number of benzene rings is 2. The molecule has 0 radical (unpaired) electrons. The monoisotopic (exact) mass is 325 g/mol. The summed E-state index contributed by atoms with van der Waals surface area (Å²) in [5.74, 6) is -0.0367. The molecule has 1 heterocycles. The fraction of sp³-hybridized carbons (Fsp3) is 0.176. The summed E-state index contributed by atoms with van der Waals surface area (Å²) < 4.78 is 11.6. The van der Waals surface area contributed by atoms with Crippen LogP contribution in [0.5, 0.6) is 5.75 Å². The summed E-state index contributed by atoms with van der Waals surface area (Å²) >= 11 is 0. The molecule has 1 aromatic heterocycles. The van der Waals surface area contributed by atoms with Gasteiger partial charge in [-0.3, -0.25) is 4.79 Å². The fourth-order valence-corrected chi connectivity index (χ4v) is 2.10. The molecule has 0 bridgehead atoms. The molecule has 0 unspecified atom stereocenters. The fourth-order valence-electron chi connectivity index (χ4n) is 2.10. The smallest absolute Gasteiger partial charge is 0.348 e. The van der Waals surface area contributed by atoms with Crippen LogP contribution in [-0.2, 0) is 16.3 Å². The van der Waals surface area contributed by atoms with Gasteiger partial charge in [0.1, 0.15) is 11.3 Å². The number of ether oxygens (including phenoxy) is 2. The van der Waals surface area contributed by atoms with Gasteiger partial charge in [-0.05, 0) is 31.2 Å². The van der Waals surface area contributed by atoms with Crippen molar-refractivity contribution in [2.75, 3.05) is 0 Å². The van der Waals surface area contributed by atoms with Gasteiger partial charge in [-0.2, -0.15) is 4.68 Å². The summed E-state index contributed by atoms with van der Waals surface area (Å²) in [7, 11) is 0. The van der Waals surface area contributed by atoms with Crippen LogP contribution in [0.25, 0.3) is 10.9 Å². The van der Waals surface area contributed by atoms with Gasteiger partial charge in [0, 0.05) is 0 Å². The number of hydrogen-bond donors (Lipinski definition) is 0. The van der Waals surface area contributed by atoms with E-state index in [1.807, 2.05) is 6.07 Å². The first-order valence-electron chi connectivity index (χ1n) is 7.36. The number of aromatic nitrogens is 3. The maximum atomic E-state index is 12.2. The van der Waals surface area contributed by atoms with Gasteiger partial charge in [0.2, 0.25) is 0 Å². The maximum absolute atomic E-state index is 12.2. The summed E-state index contributed by atoms with van der Waals surface area (Å²) in [6.07, 6.45) is -0.809. The van der Waals surface area contributed by atoms with E-state index in [0.29, 0.717) is 16.7 Å². The normalized spacial score (nSPS) is 11.9. The Bertz CT molecular complexity index is 908. The molecule has 0 amide bonds. The Kier molecular flexibility index (Phi) is 4.51. The zero-order valence-electron chi connectivity index (χ0n) is 13.0. The topological polar surface area (TPSA) is 83.3 Å². The minimum absolute atomic E-state index is 0.321. The standard InChI is InChI=1S/C17H15N3O4/c1-12(24-13-7-3-2-4-8-13)17(22)23-11-20-16(21)14-9-5-6-10-15(14)18-19-20/h2-10,12H,11H2,1H3/t12-/m0/s1. The van der Waals surface area contributed by atoms with Crippen molar-refractivity contribution in [1.82, 2.24) is 15.0 Å². The highest BCUT2D eigenvalue weighted by Gasteiger charge is 2.17. The molecule has 0 aliphatic rings. The van der Waals surface area contributed by atoms with Gasteiger partial charge in [0.15, 0.2) is 12.8 Å². The highest BCUT2D eigenvalue weighted by Crippen LogP contribution is 2.11. The van der Waals surface area contributed by atoms with Gasteiger partial charge in [-0.25, -0.2) is 4.79 Å². The van der Waals surface area contributed by atoms with Crippen molar-refractivity contribution in [3.63, 3.8) is 0 Å². The highest BCUT2D eigenvalue weighted by molar-refractivity contribution is 5.76. The van der Waals surface area contributed by atoms with Crippen LogP contribution < -0.4 is 10.3 Å². The van der Waals surface area contributed by atoms with E-state index >= 15 is 0 Å². The van der Waals surface area contributed by atoms with E-state index in [4.69, 9.17) is 9.47 Å². The second-order valence-electron chi connectivity index (χ2n) is 5.08. The van der Waals surface area contributed by atoms with Crippen LogP contribution in [0.4, 0.5) is 0 Å². The Balaban J connectivity index is 1.66. The zero-order valence-corrected chi connectivity index (χ0v) is 13.0. The molecule has 0 N–H and O–H groups in total. The average molecular weight is 325 g/mol. The molecular weight excluding hydrogens is 310 g/mol. The first-order valence-corrected chi connectivity index (χ1v) is 7.36. The minimum Gasteiger partial charge on any atom is -0.479 e. The van der Waals surface area contributed by atoms with Gasteiger partial charge in [-0.1, -0.05) is 35.5 Å². The number of esters is 1. The van der Waals surface area contributed by atoms with Gasteiger partial charge < -0.3 is 9.47 Å². The van der Waals surface area contributed by atoms with Gasteiger partial charge in [-0.15, -0.1) is 5.10 Å². The third-order valence-corrected chi connectivity index (χ3v) is 3.35. The quantitative estimate of drug-likeness (QED) is 0.665. The van der Waals surface area contributed by atoms with Crippen LogP contribution in [0.3, 0.4) is 0 Å². The summed E-state index contributed by atoms with van der Waals surface area (Å²) in [5, 5.41) is 8.09. The summed E-state index contributed by atoms with van der Waals surface area (Å²) in [6, 6.07) is 15.8. The van der Waals surface area contributed by atoms with Crippen LogP contribution in [-0.4, -0.2) is 27.1 Å². The highest BCUT2D eigenvalue weighted by atomic mass is 16.6. The molecule has 3 rings (SSSR count). The molecule has 0 aliphatic heterocycles. The molecule has 24 heavy (non-hydrogen) atoms. The third kappa shape index (κ3) is 3.40. The summed E-state index contributed by atoms with van der Waals surface area (Å²) in [4.78, 5) is 24.2. The molecule has 0 saturated heterocycles. The van der Waals surface area contributed by atoms with Crippen LogP contribution >= 0.6 is 0 Å². The molecule has 7 heteroatoms. The molecule has 0 aliphatic carbocycles. The van der Waals surface area contributed by atoms with Crippen LogP contribution in [0.2, 0.25) is 0 Å². The molecule has 7 nitrogen and oxygen atoms in total. The summed E-state index contributed by atoms with van der Waals surface area (Å²) in [6.45, 7) is 1.25.